The lowest BCUT2D eigenvalue weighted by Crippen LogP contribution is -2.43. The number of carbonyl (C=O) groups is 3. The monoisotopic (exact) mass is 390 g/mol. The summed E-state index contributed by atoms with van der Waals surface area (Å²) in [6, 6.07) is 7.45. The van der Waals surface area contributed by atoms with Crippen LogP contribution < -0.4 is 10.1 Å². The fourth-order valence-corrected chi connectivity index (χ4v) is 3.35. The first-order chi connectivity index (χ1) is 13.5. The Morgan fingerprint density at radius 1 is 1.14 bits per heavy atom. The Morgan fingerprint density at radius 2 is 1.89 bits per heavy atom. The quantitative estimate of drug-likeness (QED) is 0.652. The fourth-order valence-electron chi connectivity index (χ4n) is 3.35. The number of likely N-dealkylation sites (tertiary alicyclic amines) is 1. The summed E-state index contributed by atoms with van der Waals surface area (Å²) >= 11 is 0. The van der Waals surface area contributed by atoms with Crippen molar-refractivity contribution in [3.05, 3.63) is 29.8 Å². The van der Waals surface area contributed by atoms with Gasteiger partial charge in [0, 0.05) is 32.5 Å². The number of carbonyl (C=O) groups excluding carboxylic acids is 3. The van der Waals surface area contributed by atoms with E-state index in [2.05, 4.69) is 10.1 Å². The molecule has 0 radical (unpaired) electrons. The van der Waals surface area contributed by atoms with Crippen molar-refractivity contribution in [3.63, 3.8) is 0 Å². The maximum absolute atomic E-state index is 12.3. The number of rotatable bonds is 9. The lowest BCUT2D eigenvalue weighted by molar-refractivity contribution is -0.141. The molecule has 1 saturated heterocycles. The minimum atomic E-state index is -0.288. The van der Waals surface area contributed by atoms with Gasteiger partial charge in [-0.05, 0) is 42.9 Å². The van der Waals surface area contributed by atoms with Gasteiger partial charge in [0.25, 0.3) is 0 Å². The molecular formula is C21H30N2O5. The third kappa shape index (κ3) is 7.21. The van der Waals surface area contributed by atoms with Gasteiger partial charge >= 0.3 is 5.97 Å². The molecule has 0 aliphatic carbocycles. The highest BCUT2D eigenvalue weighted by Crippen LogP contribution is 2.17. The molecule has 1 N–H and O–H groups in total. The SMILES string of the molecule is COC(=O)CCCC(=O)N1CCC[C@@H](CNC(=O)Cc2ccc(OC)cc2)C1. The van der Waals surface area contributed by atoms with Crippen molar-refractivity contribution in [1.82, 2.24) is 10.2 Å². The van der Waals surface area contributed by atoms with Crippen LogP contribution >= 0.6 is 0 Å². The van der Waals surface area contributed by atoms with E-state index in [1.165, 1.54) is 7.11 Å². The van der Waals surface area contributed by atoms with Crippen LogP contribution in [0.3, 0.4) is 0 Å². The highest BCUT2D eigenvalue weighted by atomic mass is 16.5. The molecule has 1 atom stereocenters. The summed E-state index contributed by atoms with van der Waals surface area (Å²) in [6.07, 6.45) is 3.38. The zero-order valence-corrected chi connectivity index (χ0v) is 16.7. The normalized spacial score (nSPS) is 16.4. The van der Waals surface area contributed by atoms with E-state index >= 15 is 0 Å². The van der Waals surface area contributed by atoms with E-state index in [0.29, 0.717) is 32.4 Å². The van der Waals surface area contributed by atoms with Crippen molar-refractivity contribution < 1.29 is 23.9 Å². The Kier molecular flexibility index (Phi) is 8.78. The molecule has 1 aliphatic heterocycles. The van der Waals surface area contributed by atoms with E-state index in [9.17, 15) is 14.4 Å². The molecular weight excluding hydrogens is 360 g/mol. The van der Waals surface area contributed by atoms with Gasteiger partial charge in [0.15, 0.2) is 0 Å². The predicted octanol–water partition coefficient (Wildman–Crippen LogP) is 1.94. The van der Waals surface area contributed by atoms with Gasteiger partial charge in [-0.15, -0.1) is 0 Å². The number of hydrogen-bond acceptors (Lipinski definition) is 5. The largest absolute Gasteiger partial charge is 0.497 e. The Bertz CT molecular complexity index is 659. The van der Waals surface area contributed by atoms with Crippen LogP contribution in [0.4, 0.5) is 0 Å². The van der Waals surface area contributed by atoms with Crippen LogP contribution in [0.2, 0.25) is 0 Å². The maximum Gasteiger partial charge on any atom is 0.305 e. The smallest absolute Gasteiger partial charge is 0.305 e. The van der Waals surface area contributed by atoms with Gasteiger partial charge in [0.1, 0.15) is 5.75 Å². The van der Waals surface area contributed by atoms with Crippen LogP contribution in [-0.2, 0) is 25.5 Å². The van der Waals surface area contributed by atoms with E-state index in [1.807, 2.05) is 29.2 Å². The predicted molar refractivity (Wildman–Crippen MR) is 105 cm³/mol. The number of amides is 2. The molecule has 1 aromatic carbocycles. The van der Waals surface area contributed by atoms with Crippen molar-refractivity contribution in [2.75, 3.05) is 33.9 Å². The van der Waals surface area contributed by atoms with Gasteiger partial charge in [-0.3, -0.25) is 14.4 Å². The van der Waals surface area contributed by atoms with Gasteiger partial charge in [0.05, 0.1) is 20.6 Å². The van der Waals surface area contributed by atoms with Crippen LogP contribution in [0.15, 0.2) is 24.3 Å². The third-order valence-corrected chi connectivity index (χ3v) is 4.98. The molecule has 7 nitrogen and oxygen atoms in total. The second kappa shape index (κ2) is 11.3. The summed E-state index contributed by atoms with van der Waals surface area (Å²) < 4.78 is 9.71. The molecule has 154 valence electrons. The van der Waals surface area contributed by atoms with Gasteiger partial charge < -0.3 is 19.7 Å². The van der Waals surface area contributed by atoms with E-state index in [0.717, 1.165) is 30.7 Å². The number of hydrogen-bond donors (Lipinski definition) is 1. The number of piperidine rings is 1. The first kappa shape index (κ1) is 21.7. The van der Waals surface area contributed by atoms with Gasteiger partial charge in [0.2, 0.25) is 11.8 Å². The third-order valence-electron chi connectivity index (χ3n) is 4.98. The van der Waals surface area contributed by atoms with Crippen molar-refractivity contribution >= 4 is 17.8 Å². The topological polar surface area (TPSA) is 84.9 Å². The second-order valence-corrected chi connectivity index (χ2v) is 7.11. The Hall–Kier alpha value is -2.57. The van der Waals surface area contributed by atoms with Crippen LogP contribution in [-0.4, -0.2) is 56.5 Å². The second-order valence-electron chi connectivity index (χ2n) is 7.11. The first-order valence-corrected chi connectivity index (χ1v) is 9.76. The lowest BCUT2D eigenvalue weighted by atomic mass is 9.97. The Labute approximate surface area is 166 Å². The minimum Gasteiger partial charge on any atom is -0.497 e. The van der Waals surface area contributed by atoms with Crippen LogP contribution in [0.25, 0.3) is 0 Å². The summed E-state index contributed by atoms with van der Waals surface area (Å²) in [4.78, 5) is 37.5. The Morgan fingerprint density at radius 3 is 2.57 bits per heavy atom. The average molecular weight is 390 g/mol. The van der Waals surface area contributed by atoms with Crippen LogP contribution in [0.1, 0.15) is 37.7 Å². The van der Waals surface area contributed by atoms with Gasteiger partial charge in [-0.25, -0.2) is 0 Å². The van der Waals surface area contributed by atoms with E-state index in [-0.39, 0.29) is 30.1 Å². The van der Waals surface area contributed by atoms with Gasteiger partial charge in [-0.1, -0.05) is 12.1 Å². The van der Waals surface area contributed by atoms with E-state index < -0.39 is 0 Å². The van der Waals surface area contributed by atoms with Crippen LogP contribution in [0.5, 0.6) is 5.75 Å². The van der Waals surface area contributed by atoms with Gasteiger partial charge in [-0.2, -0.15) is 0 Å². The molecule has 1 aromatic rings. The zero-order chi connectivity index (χ0) is 20.4. The van der Waals surface area contributed by atoms with E-state index in [1.54, 1.807) is 7.11 Å². The van der Waals surface area contributed by atoms with Crippen molar-refractivity contribution in [2.24, 2.45) is 5.92 Å². The number of nitrogens with zero attached hydrogens (tertiary/aromatic N) is 1. The zero-order valence-electron chi connectivity index (χ0n) is 16.7. The van der Waals surface area contributed by atoms with E-state index in [4.69, 9.17) is 4.74 Å². The number of ether oxygens (including phenoxy) is 2. The molecule has 2 rings (SSSR count). The maximum atomic E-state index is 12.3. The Balaban J connectivity index is 1.70. The minimum absolute atomic E-state index is 0.0216. The summed E-state index contributed by atoms with van der Waals surface area (Å²) in [6.45, 7) is 1.97. The number of benzene rings is 1. The number of nitrogens with one attached hydrogen (secondary N) is 1. The summed E-state index contributed by atoms with van der Waals surface area (Å²) in [5.41, 5.74) is 0.935. The summed E-state index contributed by atoms with van der Waals surface area (Å²) in [5, 5.41) is 2.99. The van der Waals surface area contributed by atoms with Crippen molar-refractivity contribution in [2.45, 2.75) is 38.5 Å². The standard InChI is InChI=1S/C21H30N2O5/c1-27-18-10-8-16(9-11-18)13-19(24)22-14-17-5-4-12-23(15-17)20(25)6-3-7-21(26)28-2/h8-11,17H,3-7,12-15H2,1-2H3,(H,22,24)/t17-/m0/s1. The molecule has 0 saturated carbocycles. The molecule has 28 heavy (non-hydrogen) atoms. The number of esters is 1. The van der Waals surface area contributed by atoms with Crippen molar-refractivity contribution in [3.8, 4) is 5.75 Å². The first-order valence-electron chi connectivity index (χ1n) is 9.76. The molecule has 2 amide bonds. The highest BCUT2D eigenvalue weighted by Gasteiger charge is 2.23. The molecule has 0 aromatic heterocycles. The summed E-state index contributed by atoms with van der Waals surface area (Å²) in [7, 11) is 2.96. The van der Waals surface area contributed by atoms with Crippen molar-refractivity contribution in [1.29, 1.82) is 0 Å². The number of methoxy groups -OCH3 is 2. The molecule has 0 spiro atoms. The molecule has 0 bridgehead atoms. The fraction of sp³-hybridized carbons (Fsp3) is 0.571. The molecule has 1 heterocycles. The molecule has 0 unspecified atom stereocenters. The highest BCUT2D eigenvalue weighted by molar-refractivity contribution is 5.79. The molecule has 7 heteroatoms. The average Bonchev–Trinajstić information content (AvgIpc) is 2.72. The molecule has 1 fully saturated rings. The van der Waals surface area contributed by atoms with Crippen LogP contribution in [0, 0.1) is 5.92 Å². The molecule has 1 aliphatic rings. The summed E-state index contributed by atoms with van der Waals surface area (Å²) in [5.74, 6) is 0.787. The lowest BCUT2D eigenvalue weighted by Gasteiger charge is -2.33.